The molecular formula is C29H33NO5. The molecule has 0 spiro atoms. The molecule has 0 radical (unpaired) electrons. The summed E-state index contributed by atoms with van der Waals surface area (Å²) in [7, 11) is 1.40. The van der Waals surface area contributed by atoms with Crippen LogP contribution in [-0.2, 0) is 22.4 Å². The Morgan fingerprint density at radius 3 is 2.03 bits per heavy atom. The molecule has 1 heterocycles. The van der Waals surface area contributed by atoms with Crippen LogP contribution in [0.15, 0.2) is 72.9 Å². The van der Waals surface area contributed by atoms with Crippen LogP contribution in [0.1, 0.15) is 48.3 Å². The van der Waals surface area contributed by atoms with Crippen molar-refractivity contribution in [1.82, 2.24) is 4.98 Å². The number of methoxy groups -OCH3 is 1. The molecule has 3 rings (SSSR count). The fraction of sp³-hybridized carbons (Fsp3) is 0.345. The van der Waals surface area contributed by atoms with E-state index in [1.54, 1.807) is 0 Å². The van der Waals surface area contributed by atoms with Crippen molar-refractivity contribution in [3.05, 3.63) is 89.7 Å². The van der Waals surface area contributed by atoms with Gasteiger partial charge in [-0.1, -0.05) is 67.6 Å². The van der Waals surface area contributed by atoms with Crippen LogP contribution >= 0.6 is 0 Å². The molecule has 6 nitrogen and oxygen atoms in total. The molecule has 0 saturated heterocycles. The average molecular weight is 476 g/mol. The number of Topliss-reactive ketones (excluding diaryl/α,β-unsaturated/α-hetero) is 1. The van der Waals surface area contributed by atoms with Crippen molar-refractivity contribution in [2.24, 2.45) is 11.8 Å². The fourth-order valence-electron chi connectivity index (χ4n) is 4.13. The fourth-order valence-corrected chi connectivity index (χ4v) is 4.13. The van der Waals surface area contributed by atoms with Crippen molar-refractivity contribution in [3.63, 3.8) is 0 Å². The summed E-state index contributed by atoms with van der Waals surface area (Å²) in [6.07, 6.45) is 2.91. The van der Waals surface area contributed by atoms with E-state index in [0.29, 0.717) is 6.42 Å². The van der Waals surface area contributed by atoms with E-state index >= 15 is 0 Å². The number of ether oxygens (including phenoxy) is 2. The minimum atomic E-state index is -0.633. The SMILES string of the molecule is CC[C@H](CC(=O)c1nccc(OC)c1O)C(=O)OC(C)C(Cc1ccccc1)Cc1ccccc1. The molecule has 0 fully saturated rings. The Hall–Kier alpha value is -3.67. The third-order valence-electron chi connectivity index (χ3n) is 6.28. The van der Waals surface area contributed by atoms with Gasteiger partial charge in [-0.25, -0.2) is 4.98 Å². The molecule has 2 atom stereocenters. The lowest BCUT2D eigenvalue weighted by Gasteiger charge is -2.26. The van der Waals surface area contributed by atoms with E-state index in [1.807, 2.05) is 50.2 Å². The summed E-state index contributed by atoms with van der Waals surface area (Å²) >= 11 is 0. The Morgan fingerprint density at radius 2 is 1.51 bits per heavy atom. The smallest absolute Gasteiger partial charge is 0.309 e. The van der Waals surface area contributed by atoms with Gasteiger partial charge < -0.3 is 14.6 Å². The first-order valence-electron chi connectivity index (χ1n) is 12.0. The molecule has 0 aliphatic rings. The summed E-state index contributed by atoms with van der Waals surface area (Å²) in [6.45, 7) is 3.76. The minimum absolute atomic E-state index is 0.0704. The topological polar surface area (TPSA) is 85.7 Å². The average Bonchev–Trinajstić information content (AvgIpc) is 2.88. The van der Waals surface area contributed by atoms with Gasteiger partial charge in [-0.05, 0) is 37.3 Å². The van der Waals surface area contributed by atoms with Crippen LogP contribution in [0.25, 0.3) is 0 Å². The Bertz CT molecular complexity index is 1060. The standard InChI is InChI=1S/C29H33NO5/c1-4-23(19-25(31)27-28(32)26(34-3)15-16-30-27)29(33)35-20(2)24(17-21-11-7-5-8-12-21)18-22-13-9-6-10-14-22/h5-16,20,23-24,32H,4,17-19H2,1-3H3/t20?,23-/m1/s1. The van der Waals surface area contributed by atoms with Gasteiger partial charge in [0.15, 0.2) is 23.0 Å². The van der Waals surface area contributed by atoms with Crippen LogP contribution in [0.3, 0.4) is 0 Å². The molecule has 0 aliphatic carbocycles. The van der Waals surface area contributed by atoms with Gasteiger partial charge in [-0.3, -0.25) is 9.59 Å². The highest BCUT2D eigenvalue weighted by Crippen LogP contribution is 2.30. The number of esters is 1. The number of aromatic hydroxyl groups is 1. The van der Waals surface area contributed by atoms with Crippen LogP contribution in [0.5, 0.6) is 11.5 Å². The van der Waals surface area contributed by atoms with Gasteiger partial charge in [0, 0.05) is 24.6 Å². The number of hydrogen-bond acceptors (Lipinski definition) is 6. The second kappa shape index (κ2) is 12.7. The molecule has 0 amide bonds. The number of rotatable bonds is 12. The van der Waals surface area contributed by atoms with E-state index in [1.165, 1.54) is 30.5 Å². The van der Waals surface area contributed by atoms with Crippen LogP contribution in [0.4, 0.5) is 0 Å². The second-order valence-electron chi connectivity index (χ2n) is 8.72. The van der Waals surface area contributed by atoms with Gasteiger partial charge in [0.1, 0.15) is 6.10 Å². The van der Waals surface area contributed by atoms with Crippen molar-refractivity contribution in [2.45, 2.75) is 45.6 Å². The first kappa shape index (κ1) is 25.9. The Morgan fingerprint density at radius 1 is 0.943 bits per heavy atom. The molecular weight excluding hydrogens is 442 g/mol. The summed E-state index contributed by atoms with van der Waals surface area (Å²) in [4.78, 5) is 29.9. The summed E-state index contributed by atoms with van der Waals surface area (Å²) in [5.41, 5.74) is 2.26. The number of aromatic nitrogens is 1. The number of carbonyl (C=O) groups is 2. The maximum atomic E-state index is 13.1. The first-order valence-corrected chi connectivity index (χ1v) is 12.0. The molecule has 1 N–H and O–H groups in total. The van der Waals surface area contributed by atoms with Gasteiger partial charge >= 0.3 is 5.97 Å². The lowest BCUT2D eigenvalue weighted by molar-refractivity contribution is -0.155. The molecule has 184 valence electrons. The Labute approximate surface area is 206 Å². The number of hydrogen-bond donors (Lipinski definition) is 1. The molecule has 0 bridgehead atoms. The van der Waals surface area contributed by atoms with Crippen molar-refractivity contribution in [1.29, 1.82) is 0 Å². The van der Waals surface area contributed by atoms with E-state index in [-0.39, 0.29) is 35.6 Å². The zero-order valence-corrected chi connectivity index (χ0v) is 20.5. The normalized spacial score (nSPS) is 12.7. The van der Waals surface area contributed by atoms with Gasteiger partial charge in [0.05, 0.1) is 13.0 Å². The molecule has 0 aliphatic heterocycles. The largest absolute Gasteiger partial charge is 0.503 e. The number of carbonyl (C=O) groups excluding carboxylic acids is 2. The highest BCUT2D eigenvalue weighted by molar-refractivity contribution is 5.99. The second-order valence-corrected chi connectivity index (χ2v) is 8.72. The van der Waals surface area contributed by atoms with E-state index < -0.39 is 17.7 Å². The summed E-state index contributed by atoms with van der Waals surface area (Å²) < 4.78 is 11.0. The van der Waals surface area contributed by atoms with Gasteiger partial charge in [-0.15, -0.1) is 0 Å². The van der Waals surface area contributed by atoms with E-state index in [0.717, 1.165) is 12.8 Å². The lowest BCUT2D eigenvalue weighted by atomic mass is 9.88. The quantitative estimate of drug-likeness (QED) is 0.278. The van der Waals surface area contributed by atoms with E-state index in [9.17, 15) is 14.7 Å². The highest BCUT2D eigenvalue weighted by atomic mass is 16.5. The van der Waals surface area contributed by atoms with Crippen molar-refractivity contribution in [2.75, 3.05) is 7.11 Å². The third kappa shape index (κ3) is 7.15. The maximum absolute atomic E-state index is 13.1. The van der Waals surface area contributed by atoms with Crippen LogP contribution in [0, 0.1) is 11.8 Å². The Balaban J connectivity index is 1.70. The predicted molar refractivity (Wildman–Crippen MR) is 135 cm³/mol. The van der Waals surface area contributed by atoms with Crippen LogP contribution in [-0.4, -0.2) is 35.1 Å². The zero-order chi connectivity index (χ0) is 25.2. The van der Waals surface area contributed by atoms with Crippen molar-refractivity contribution in [3.8, 4) is 11.5 Å². The molecule has 0 saturated carbocycles. The highest BCUT2D eigenvalue weighted by Gasteiger charge is 2.29. The van der Waals surface area contributed by atoms with Crippen molar-refractivity contribution < 1.29 is 24.2 Å². The monoisotopic (exact) mass is 475 g/mol. The summed E-state index contributed by atoms with van der Waals surface area (Å²) in [6, 6.07) is 21.8. The van der Waals surface area contributed by atoms with E-state index in [4.69, 9.17) is 9.47 Å². The first-order chi connectivity index (χ1) is 16.9. The number of nitrogens with zero attached hydrogens (tertiary/aromatic N) is 1. The minimum Gasteiger partial charge on any atom is -0.503 e. The molecule has 1 aromatic heterocycles. The molecule has 6 heteroatoms. The molecule has 35 heavy (non-hydrogen) atoms. The van der Waals surface area contributed by atoms with Gasteiger partial charge in [-0.2, -0.15) is 0 Å². The van der Waals surface area contributed by atoms with Crippen LogP contribution < -0.4 is 4.74 Å². The Kier molecular flexibility index (Phi) is 9.41. The zero-order valence-electron chi connectivity index (χ0n) is 20.5. The van der Waals surface area contributed by atoms with Crippen molar-refractivity contribution >= 4 is 11.8 Å². The van der Waals surface area contributed by atoms with Crippen LogP contribution in [0.2, 0.25) is 0 Å². The number of pyridine rings is 1. The summed E-state index contributed by atoms with van der Waals surface area (Å²) in [5.74, 6) is -1.56. The predicted octanol–water partition coefficient (Wildman–Crippen LogP) is 5.43. The third-order valence-corrected chi connectivity index (χ3v) is 6.28. The van der Waals surface area contributed by atoms with Gasteiger partial charge in [0.25, 0.3) is 0 Å². The molecule has 3 aromatic rings. The lowest BCUT2D eigenvalue weighted by Crippen LogP contribution is -2.31. The maximum Gasteiger partial charge on any atom is 0.309 e. The number of benzene rings is 2. The molecule has 1 unspecified atom stereocenters. The van der Waals surface area contributed by atoms with Gasteiger partial charge in [0.2, 0.25) is 0 Å². The van der Waals surface area contributed by atoms with E-state index in [2.05, 4.69) is 29.2 Å². The number of ketones is 1. The molecule has 2 aromatic carbocycles. The summed E-state index contributed by atoms with van der Waals surface area (Å²) in [5, 5.41) is 10.3.